The maximum atomic E-state index is 12.6. The largest absolute Gasteiger partial charge is 0.481 e. The fourth-order valence-electron chi connectivity index (χ4n) is 3.47. The molecular formula is C22H27NO2. The van der Waals surface area contributed by atoms with Crippen LogP contribution < -0.4 is 4.74 Å². The summed E-state index contributed by atoms with van der Waals surface area (Å²) < 4.78 is 5.77. The molecule has 0 N–H and O–H groups in total. The van der Waals surface area contributed by atoms with E-state index in [1.807, 2.05) is 42.2 Å². The molecular weight excluding hydrogens is 310 g/mol. The van der Waals surface area contributed by atoms with Gasteiger partial charge in [-0.05, 0) is 56.2 Å². The summed E-state index contributed by atoms with van der Waals surface area (Å²) in [6, 6.07) is 20.2. The maximum absolute atomic E-state index is 12.6. The number of amides is 1. The average molecular weight is 337 g/mol. The lowest BCUT2D eigenvalue weighted by Crippen LogP contribution is -2.44. The van der Waals surface area contributed by atoms with Gasteiger partial charge in [0.15, 0.2) is 6.10 Å². The van der Waals surface area contributed by atoms with Gasteiger partial charge in [0.25, 0.3) is 5.91 Å². The van der Waals surface area contributed by atoms with Crippen LogP contribution in [0.2, 0.25) is 0 Å². The van der Waals surface area contributed by atoms with Crippen molar-refractivity contribution in [1.82, 2.24) is 4.90 Å². The first kappa shape index (κ1) is 17.5. The molecule has 1 atom stereocenters. The lowest BCUT2D eigenvalue weighted by atomic mass is 9.90. The first-order valence-corrected chi connectivity index (χ1v) is 9.27. The summed E-state index contributed by atoms with van der Waals surface area (Å²) in [4.78, 5) is 14.6. The second kappa shape index (κ2) is 8.70. The number of para-hydroxylation sites is 1. The predicted octanol–water partition coefficient (Wildman–Crippen LogP) is 4.33. The maximum Gasteiger partial charge on any atom is 0.263 e. The Morgan fingerprint density at radius 2 is 1.64 bits per heavy atom. The van der Waals surface area contributed by atoms with Crippen molar-refractivity contribution in [3.8, 4) is 5.75 Å². The molecule has 0 radical (unpaired) electrons. The summed E-state index contributed by atoms with van der Waals surface area (Å²) in [5.74, 6) is 1.57. The fourth-order valence-corrected chi connectivity index (χ4v) is 3.47. The molecule has 3 rings (SSSR count). The lowest BCUT2D eigenvalue weighted by molar-refractivity contribution is -0.139. The van der Waals surface area contributed by atoms with E-state index in [0.717, 1.165) is 44.0 Å². The summed E-state index contributed by atoms with van der Waals surface area (Å²) >= 11 is 0. The predicted molar refractivity (Wildman–Crippen MR) is 101 cm³/mol. The van der Waals surface area contributed by atoms with Crippen LogP contribution in [0.5, 0.6) is 5.75 Å². The third kappa shape index (κ3) is 5.09. The summed E-state index contributed by atoms with van der Waals surface area (Å²) in [5, 5.41) is 0. The van der Waals surface area contributed by atoms with E-state index in [1.165, 1.54) is 12.0 Å². The summed E-state index contributed by atoms with van der Waals surface area (Å²) in [7, 11) is 0. The number of nitrogens with zero attached hydrogens (tertiary/aromatic N) is 1. The SMILES string of the molecule is C[C@H](Oc1ccccc1)C(=O)N1CCC(CCc2ccccc2)CC1. The Morgan fingerprint density at radius 3 is 2.28 bits per heavy atom. The second-order valence-corrected chi connectivity index (χ2v) is 6.87. The van der Waals surface area contributed by atoms with Crippen molar-refractivity contribution in [2.75, 3.05) is 13.1 Å². The van der Waals surface area contributed by atoms with Crippen molar-refractivity contribution < 1.29 is 9.53 Å². The molecule has 0 aromatic heterocycles. The normalized spacial score (nSPS) is 16.4. The van der Waals surface area contributed by atoms with Crippen LogP contribution in [0.1, 0.15) is 31.7 Å². The zero-order valence-corrected chi connectivity index (χ0v) is 14.9. The third-order valence-electron chi connectivity index (χ3n) is 5.01. The van der Waals surface area contributed by atoms with Gasteiger partial charge in [-0.1, -0.05) is 48.5 Å². The van der Waals surface area contributed by atoms with Crippen LogP contribution in [-0.2, 0) is 11.2 Å². The molecule has 2 aromatic carbocycles. The van der Waals surface area contributed by atoms with E-state index in [4.69, 9.17) is 4.74 Å². The van der Waals surface area contributed by atoms with E-state index < -0.39 is 6.10 Å². The molecule has 0 unspecified atom stereocenters. The number of rotatable bonds is 6. The van der Waals surface area contributed by atoms with Crippen LogP contribution in [0.15, 0.2) is 60.7 Å². The summed E-state index contributed by atoms with van der Waals surface area (Å²) in [6.07, 6.45) is 4.10. The molecule has 1 amide bonds. The van der Waals surface area contributed by atoms with Crippen molar-refractivity contribution in [3.63, 3.8) is 0 Å². The van der Waals surface area contributed by atoms with Crippen LogP contribution in [0.3, 0.4) is 0 Å². The van der Waals surface area contributed by atoms with Crippen LogP contribution in [-0.4, -0.2) is 30.0 Å². The first-order valence-electron chi connectivity index (χ1n) is 9.27. The number of benzene rings is 2. The number of carbonyl (C=O) groups excluding carboxylic acids is 1. The molecule has 1 aliphatic rings. The van der Waals surface area contributed by atoms with Crippen molar-refractivity contribution in [3.05, 3.63) is 66.2 Å². The van der Waals surface area contributed by atoms with Crippen LogP contribution in [0.4, 0.5) is 0 Å². The molecule has 1 aliphatic heterocycles. The van der Waals surface area contributed by atoms with E-state index in [2.05, 4.69) is 30.3 Å². The van der Waals surface area contributed by atoms with Gasteiger partial charge in [-0.3, -0.25) is 4.79 Å². The van der Waals surface area contributed by atoms with Crippen molar-refractivity contribution >= 4 is 5.91 Å². The molecule has 132 valence electrons. The highest BCUT2D eigenvalue weighted by Gasteiger charge is 2.26. The number of carbonyl (C=O) groups is 1. The van der Waals surface area contributed by atoms with E-state index in [-0.39, 0.29) is 5.91 Å². The average Bonchev–Trinajstić information content (AvgIpc) is 2.68. The number of hydrogen-bond donors (Lipinski definition) is 0. The van der Waals surface area contributed by atoms with E-state index >= 15 is 0 Å². The minimum Gasteiger partial charge on any atom is -0.481 e. The minimum absolute atomic E-state index is 0.102. The van der Waals surface area contributed by atoms with E-state index in [9.17, 15) is 4.79 Å². The Bertz CT molecular complexity index is 648. The van der Waals surface area contributed by atoms with Crippen molar-refractivity contribution in [1.29, 1.82) is 0 Å². The number of piperidine rings is 1. The first-order chi connectivity index (χ1) is 12.2. The van der Waals surface area contributed by atoms with Gasteiger partial charge in [-0.2, -0.15) is 0 Å². The Morgan fingerprint density at radius 1 is 1.04 bits per heavy atom. The molecule has 0 bridgehead atoms. The molecule has 25 heavy (non-hydrogen) atoms. The standard InChI is InChI=1S/C22H27NO2/c1-18(25-21-10-6-3-7-11-21)22(24)23-16-14-20(15-17-23)13-12-19-8-4-2-5-9-19/h2-11,18,20H,12-17H2,1H3/t18-/m0/s1. The number of likely N-dealkylation sites (tertiary alicyclic amines) is 1. The van der Waals surface area contributed by atoms with Crippen LogP contribution in [0, 0.1) is 5.92 Å². The highest BCUT2D eigenvalue weighted by atomic mass is 16.5. The van der Waals surface area contributed by atoms with Gasteiger partial charge in [0.05, 0.1) is 0 Å². The molecule has 0 aliphatic carbocycles. The molecule has 1 fully saturated rings. The van der Waals surface area contributed by atoms with Crippen LogP contribution in [0.25, 0.3) is 0 Å². The fraction of sp³-hybridized carbons (Fsp3) is 0.409. The molecule has 0 spiro atoms. The van der Waals surface area contributed by atoms with Gasteiger partial charge in [0.2, 0.25) is 0 Å². The van der Waals surface area contributed by atoms with Gasteiger partial charge in [-0.25, -0.2) is 0 Å². The zero-order valence-electron chi connectivity index (χ0n) is 14.9. The smallest absolute Gasteiger partial charge is 0.263 e. The second-order valence-electron chi connectivity index (χ2n) is 6.87. The number of ether oxygens (including phenoxy) is 1. The molecule has 3 heteroatoms. The highest BCUT2D eigenvalue weighted by Crippen LogP contribution is 2.23. The van der Waals surface area contributed by atoms with Crippen molar-refractivity contribution in [2.45, 2.75) is 38.7 Å². The van der Waals surface area contributed by atoms with Crippen molar-refractivity contribution in [2.24, 2.45) is 5.92 Å². The van der Waals surface area contributed by atoms with Gasteiger partial charge >= 0.3 is 0 Å². The van der Waals surface area contributed by atoms with Gasteiger partial charge in [-0.15, -0.1) is 0 Å². The molecule has 0 saturated carbocycles. The van der Waals surface area contributed by atoms with Gasteiger partial charge < -0.3 is 9.64 Å². The van der Waals surface area contributed by atoms with Crippen LogP contribution >= 0.6 is 0 Å². The molecule has 3 nitrogen and oxygen atoms in total. The van der Waals surface area contributed by atoms with Gasteiger partial charge in [0, 0.05) is 13.1 Å². The zero-order chi connectivity index (χ0) is 17.5. The Kier molecular flexibility index (Phi) is 6.10. The number of hydrogen-bond acceptors (Lipinski definition) is 2. The molecule has 1 heterocycles. The third-order valence-corrected chi connectivity index (χ3v) is 5.01. The Labute approximate surface area is 150 Å². The topological polar surface area (TPSA) is 29.5 Å². The monoisotopic (exact) mass is 337 g/mol. The molecule has 2 aromatic rings. The summed E-state index contributed by atoms with van der Waals surface area (Å²) in [6.45, 7) is 3.54. The number of aryl methyl sites for hydroxylation is 1. The Hall–Kier alpha value is -2.29. The van der Waals surface area contributed by atoms with Gasteiger partial charge in [0.1, 0.15) is 5.75 Å². The van der Waals surface area contributed by atoms with E-state index in [0.29, 0.717) is 0 Å². The quantitative estimate of drug-likeness (QED) is 0.785. The van der Waals surface area contributed by atoms with E-state index in [1.54, 1.807) is 0 Å². The summed E-state index contributed by atoms with van der Waals surface area (Å²) in [5.41, 5.74) is 1.41. The molecule has 1 saturated heterocycles. The Balaban J connectivity index is 1.42. The highest BCUT2D eigenvalue weighted by molar-refractivity contribution is 5.81. The lowest BCUT2D eigenvalue weighted by Gasteiger charge is -2.33. The minimum atomic E-state index is -0.428.